The van der Waals surface area contributed by atoms with Gasteiger partial charge in [0.15, 0.2) is 0 Å². The molecule has 0 aliphatic heterocycles. The van der Waals surface area contributed by atoms with E-state index < -0.39 is 0 Å². The lowest BCUT2D eigenvalue weighted by atomic mass is 9.85. The number of hydrogen-bond acceptors (Lipinski definition) is 4. The maximum absolute atomic E-state index is 9.50. The zero-order chi connectivity index (χ0) is 16.2. The largest absolute Gasteiger partial charge is 0.396 e. The summed E-state index contributed by atoms with van der Waals surface area (Å²) in [6.45, 7) is 6.68. The van der Waals surface area contributed by atoms with E-state index in [0.29, 0.717) is 12.3 Å². The van der Waals surface area contributed by atoms with Gasteiger partial charge in [-0.3, -0.25) is 4.98 Å². The number of aromatic nitrogens is 1. The number of anilines is 1. The van der Waals surface area contributed by atoms with Crippen LogP contribution in [0.4, 0.5) is 5.69 Å². The molecule has 2 atom stereocenters. The fraction of sp³-hybridized carbons (Fsp3) is 0.500. The van der Waals surface area contributed by atoms with Gasteiger partial charge in [-0.05, 0) is 37.8 Å². The number of benzene rings is 1. The highest BCUT2D eigenvalue weighted by Crippen LogP contribution is 2.33. The lowest BCUT2D eigenvalue weighted by Crippen LogP contribution is -2.52. The molecule has 0 radical (unpaired) electrons. The number of hydrazine groups is 1. The van der Waals surface area contributed by atoms with E-state index in [-0.39, 0.29) is 12.1 Å². The summed E-state index contributed by atoms with van der Waals surface area (Å²) in [6, 6.07) is 9.96. The number of aliphatic hydroxyl groups is 1. The first-order chi connectivity index (χ1) is 10.5. The Kier molecular flexibility index (Phi) is 5.37. The summed E-state index contributed by atoms with van der Waals surface area (Å²) in [7, 11) is 0. The van der Waals surface area contributed by atoms with Crippen molar-refractivity contribution in [2.75, 3.05) is 11.6 Å². The monoisotopic (exact) mass is 301 g/mol. The molecule has 1 aromatic heterocycles. The predicted octanol–water partition coefficient (Wildman–Crippen LogP) is 3.49. The quantitative estimate of drug-likeness (QED) is 0.607. The number of nitrogens with two attached hydrogens (primary N) is 1. The van der Waals surface area contributed by atoms with E-state index >= 15 is 0 Å². The summed E-state index contributed by atoms with van der Waals surface area (Å²) in [6.07, 6.45) is 4.48. The van der Waals surface area contributed by atoms with Crippen LogP contribution in [0.2, 0.25) is 0 Å². The summed E-state index contributed by atoms with van der Waals surface area (Å²) in [4.78, 5) is 4.40. The van der Waals surface area contributed by atoms with Gasteiger partial charge >= 0.3 is 0 Å². The highest BCUT2D eigenvalue weighted by molar-refractivity contribution is 5.91. The van der Waals surface area contributed by atoms with E-state index in [1.165, 1.54) is 0 Å². The predicted molar refractivity (Wildman–Crippen MR) is 92.6 cm³/mol. The number of fused-ring (bicyclic) bond motifs is 1. The normalized spacial score (nSPS) is 15.5. The molecule has 0 bridgehead atoms. The van der Waals surface area contributed by atoms with Gasteiger partial charge in [-0.2, -0.15) is 0 Å². The maximum Gasteiger partial charge on any atom is 0.0723 e. The molecular formula is C18H27N3O. The molecule has 0 aliphatic carbocycles. The Morgan fingerprint density at radius 3 is 2.73 bits per heavy atom. The van der Waals surface area contributed by atoms with Crippen LogP contribution in [0, 0.1) is 5.92 Å². The number of pyridine rings is 1. The first kappa shape index (κ1) is 16.7. The van der Waals surface area contributed by atoms with Gasteiger partial charge < -0.3 is 10.1 Å². The number of nitrogens with zero attached hydrogens (tertiary/aromatic N) is 2. The van der Waals surface area contributed by atoms with E-state index in [1.54, 1.807) is 6.20 Å². The Balaban J connectivity index is 2.42. The van der Waals surface area contributed by atoms with Crippen LogP contribution in [0.15, 0.2) is 36.5 Å². The molecule has 2 rings (SSSR count). The molecule has 4 heteroatoms. The molecule has 22 heavy (non-hydrogen) atoms. The van der Waals surface area contributed by atoms with Crippen molar-refractivity contribution in [1.29, 1.82) is 0 Å². The molecule has 2 unspecified atom stereocenters. The summed E-state index contributed by atoms with van der Waals surface area (Å²) in [5, 5.41) is 12.4. The van der Waals surface area contributed by atoms with Crippen molar-refractivity contribution in [1.82, 2.24) is 4.98 Å². The second-order valence-corrected chi connectivity index (χ2v) is 6.41. The Hall–Kier alpha value is -1.65. The Bertz CT molecular complexity index is 611. The van der Waals surface area contributed by atoms with E-state index in [4.69, 9.17) is 5.84 Å². The van der Waals surface area contributed by atoms with Crippen LogP contribution in [0.25, 0.3) is 10.9 Å². The van der Waals surface area contributed by atoms with Gasteiger partial charge in [0.1, 0.15) is 0 Å². The highest BCUT2D eigenvalue weighted by atomic mass is 16.3. The molecular weight excluding hydrogens is 274 g/mol. The van der Waals surface area contributed by atoms with Gasteiger partial charge in [-0.25, -0.2) is 5.84 Å². The van der Waals surface area contributed by atoms with Crippen LogP contribution < -0.4 is 10.9 Å². The molecule has 0 amide bonds. The van der Waals surface area contributed by atoms with Crippen LogP contribution in [-0.4, -0.2) is 22.2 Å². The molecule has 0 saturated carbocycles. The second kappa shape index (κ2) is 7.07. The van der Waals surface area contributed by atoms with E-state index in [1.807, 2.05) is 35.3 Å². The number of para-hydroxylation sites is 1. The van der Waals surface area contributed by atoms with Crippen molar-refractivity contribution < 1.29 is 5.11 Å². The third-order valence-corrected chi connectivity index (χ3v) is 4.60. The molecule has 0 spiro atoms. The molecule has 1 heterocycles. The topological polar surface area (TPSA) is 62.4 Å². The molecule has 0 fully saturated rings. The van der Waals surface area contributed by atoms with E-state index in [9.17, 15) is 5.11 Å². The summed E-state index contributed by atoms with van der Waals surface area (Å²) in [5.74, 6) is 7.07. The minimum atomic E-state index is -0.283. The molecule has 2 aromatic rings. The first-order valence-electron chi connectivity index (χ1n) is 8.01. The molecule has 0 saturated heterocycles. The Morgan fingerprint density at radius 2 is 2.05 bits per heavy atom. The zero-order valence-electron chi connectivity index (χ0n) is 13.8. The van der Waals surface area contributed by atoms with E-state index in [2.05, 4.69) is 25.8 Å². The van der Waals surface area contributed by atoms with Crippen LogP contribution in [-0.2, 0) is 0 Å². The molecule has 120 valence electrons. The van der Waals surface area contributed by atoms with Crippen LogP contribution in [0.1, 0.15) is 40.0 Å². The van der Waals surface area contributed by atoms with Crippen molar-refractivity contribution in [2.45, 2.75) is 45.6 Å². The summed E-state index contributed by atoms with van der Waals surface area (Å²) >= 11 is 0. The number of rotatable bonds is 7. The average Bonchev–Trinajstić information content (AvgIpc) is 2.53. The van der Waals surface area contributed by atoms with Gasteiger partial charge in [0.25, 0.3) is 0 Å². The van der Waals surface area contributed by atoms with Gasteiger partial charge in [0, 0.05) is 18.2 Å². The first-order valence-corrected chi connectivity index (χ1v) is 8.01. The maximum atomic E-state index is 9.50. The van der Waals surface area contributed by atoms with E-state index in [0.717, 1.165) is 29.4 Å². The van der Waals surface area contributed by atoms with Crippen molar-refractivity contribution >= 4 is 16.6 Å². The van der Waals surface area contributed by atoms with Crippen molar-refractivity contribution in [2.24, 2.45) is 11.8 Å². The van der Waals surface area contributed by atoms with Gasteiger partial charge in [-0.15, -0.1) is 0 Å². The minimum absolute atomic E-state index is 0.129. The Morgan fingerprint density at radius 1 is 1.32 bits per heavy atom. The highest BCUT2D eigenvalue weighted by Gasteiger charge is 2.32. The van der Waals surface area contributed by atoms with Gasteiger partial charge in [-0.1, -0.05) is 38.5 Å². The van der Waals surface area contributed by atoms with Crippen LogP contribution >= 0.6 is 0 Å². The molecule has 1 aromatic carbocycles. The fourth-order valence-electron chi connectivity index (χ4n) is 3.04. The summed E-state index contributed by atoms with van der Waals surface area (Å²) in [5.41, 5.74) is 1.61. The van der Waals surface area contributed by atoms with Gasteiger partial charge in [0.05, 0.1) is 16.7 Å². The van der Waals surface area contributed by atoms with Crippen molar-refractivity contribution in [3.63, 3.8) is 0 Å². The fourth-order valence-corrected chi connectivity index (χ4v) is 3.04. The molecule has 0 aliphatic rings. The van der Waals surface area contributed by atoms with Gasteiger partial charge in [0.2, 0.25) is 0 Å². The van der Waals surface area contributed by atoms with Crippen molar-refractivity contribution in [3.05, 3.63) is 36.5 Å². The lowest BCUT2D eigenvalue weighted by molar-refractivity contribution is 0.216. The van der Waals surface area contributed by atoms with Crippen LogP contribution in [0.5, 0.6) is 0 Å². The van der Waals surface area contributed by atoms with Crippen molar-refractivity contribution in [3.8, 4) is 0 Å². The summed E-state index contributed by atoms with van der Waals surface area (Å²) < 4.78 is 0. The average molecular weight is 301 g/mol. The molecule has 4 nitrogen and oxygen atoms in total. The lowest BCUT2D eigenvalue weighted by Gasteiger charge is -2.41. The molecule has 3 N–H and O–H groups in total. The number of hydrogen-bond donors (Lipinski definition) is 2. The third kappa shape index (κ3) is 3.39. The number of aliphatic hydroxyl groups excluding tert-OH is 1. The Labute approximate surface area is 132 Å². The zero-order valence-corrected chi connectivity index (χ0v) is 13.8. The third-order valence-electron chi connectivity index (χ3n) is 4.60. The minimum Gasteiger partial charge on any atom is -0.396 e. The smallest absolute Gasteiger partial charge is 0.0723 e. The SMILES string of the molecule is CCC(C)CC(C)(CCO)N(N)c1ccnc2ccccc12. The standard InChI is InChI=1S/C18H27N3O/c1-4-14(2)13-18(3,10-12-22)21(19)17-9-11-20-16-8-6-5-7-15(16)17/h5-9,11,14,22H,4,10,12-13,19H2,1-3H3. The van der Waals surface area contributed by atoms with Crippen LogP contribution in [0.3, 0.4) is 0 Å². The second-order valence-electron chi connectivity index (χ2n) is 6.41.